The highest BCUT2D eigenvalue weighted by Gasteiger charge is 2.04. The van der Waals surface area contributed by atoms with E-state index in [1.165, 1.54) is 6.08 Å². The molecule has 0 saturated heterocycles. The van der Waals surface area contributed by atoms with Crippen molar-refractivity contribution in [2.75, 3.05) is 5.32 Å². The smallest absolute Gasteiger partial charge is 0.248 e. The molecule has 23 heavy (non-hydrogen) atoms. The lowest BCUT2D eigenvalue weighted by Crippen LogP contribution is -2.09. The molecule has 5 nitrogen and oxygen atoms in total. The zero-order chi connectivity index (χ0) is 16.4. The van der Waals surface area contributed by atoms with Crippen molar-refractivity contribution in [3.05, 3.63) is 58.5 Å². The van der Waals surface area contributed by atoms with Gasteiger partial charge in [-0.25, -0.2) is 0 Å². The van der Waals surface area contributed by atoms with Crippen LogP contribution in [0.5, 0.6) is 0 Å². The molecular formula is C17H15ClN4O. The van der Waals surface area contributed by atoms with Gasteiger partial charge in [-0.15, -0.1) is 0 Å². The molecule has 1 aromatic carbocycles. The van der Waals surface area contributed by atoms with Crippen molar-refractivity contribution in [2.24, 2.45) is 0 Å². The van der Waals surface area contributed by atoms with Crippen LogP contribution in [0.3, 0.4) is 0 Å². The summed E-state index contributed by atoms with van der Waals surface area (Å²) in [6, 6.07) is 7.53. The normalized spacial score (nSPS) is 11.3. The number of hydrogen-bond acceptors (Lipinski definition) is 3. The number of H-pyrrole nitrogens is 1. The van der Waals surface area contributed by atoms with Crippen LogP contribution in [0.4, 0.5) is 5.69 Å². The van der Waals surface area contributed by atoms with Gasteiger partial charge in [-0.1, -0.05) is 23.7 Å². The quantitative estimate of drug-likeness (QED) is 0.717. The van der Waals surface area contributed by atoms with E-state index < -0.39 is 0 Å². The number of carbonyl (C=O) groups is 1. The molecule has 3 rings (SSSR count). The predicted octanol–water partition coefficient (Wildman–Crippen LogP) is 3.88. The summed E-state index contributed by atoms with van der Waals surface area (Å²) >= 11 is 5.89. The lowest BCUT2D eigenvalue weighted by Gasteiger charge is -2.05. The number of aromatic amines is 1. The minimum atomic E-state index is -0.240. The maximum absolute atomic E-state index is 12.0. The Morgan fingerprint density at radius 1 is 1.30 bits per heavy atom. The molecule has 0 spiro atoms. The number of halogens is 1. The second kappa shape index (κ2) is 6.22. The van der Waals surface area contributed by atoms with Crippen molar-refractivity contribution in [3.63, 3.8) is 0 Å². The number of carbonyl (C=O) groups excluding carboxylic acids is 1. The lowest BCUT2D eigenvalue weighted by atomic mass is 10.1. The predicted molar refractivity (Wildman–Crippen MR) is 92.5 cm³/mol. The average Bonchev–Trinajstić information content (AvgIpc) is 2.90. The largest absolute Gasteiger partial charge is 0.321 e. The van der Waals surface area contributed by atoms with Crippen molar-refractivity contribution in [2.45, 2.75) is 13.8 Å². The van der Waals surface area contributed by atoms with Gasteiger partial charge < -0.3 is 5.32 Å². The Labute approximate surface area is 138 Å². The minimum Gasteiger partial charge on any atom is -0.321 e. The summed E-state index contributed by atoms with van der Waals surface area (Å²) in [5.41, 5.74) is 4.12. The number of fused-ring (bicyclic) bond motifs is 1. The van der Waals surface area contributed by atoms with Crippen LogP contribution in [-0.4, -0.2) is 21.1 Å². The summed E-state index contributed by atoms with van der Waals surface area (Å²) in [5, 5.41) is 11.5. The summed E-state index contributed by atoms with van der Waals surface area (Å²) in [4.78, 5) is 16.1. The number of hydrogen-bond donors (Lipinski definition) is 2. The fraction of sp³-hybridized carbons (Fsp3) is 0.118. The zero-order valence-electron chi connectivity index (χ0n) is 12.7. The fourth-order valence-corrected chi connectivity index (χ4v) is 2.40. The van der Waals surface area contributed by atoms with E-state index in [0.29, 0.717) is 16.4 Å². The molecule has 2 heterocycles. The third kappa shape index (κ3) is 3.40. The zero-order valence-corrected chi connectivity index (χ0v) is 13.5. The van der Waals surface area contributed by atoms with Gasteiger partial charge >= 0.3 is 0 Å². The number of amides is 1. The van der Waals surface area contributed by atoms with Crippen molar-refractivity contribution in [3.8, 4) is 0 Å². The van der Waals surface area contributed by atoms with Crippen LogP contribution in [0.2, 0.25) is 5.02 Å². The van der Waals surface area contributed by atoms with Gasteiger partial charge in [-0.2, -0.15) is 5.10 Å². The van der Waals surface area contributed by atoms with E-state index in [9.17, 15) is 4.79 Å². The van der Waals surface area contributed by atoms with E-state index in [1.807, 2.05) is 32.0 Å². The SMILES string of the molecule is Cc1ncc(Cl)cc1NC(=O)/C=C/c1ccc2c(C)[nH]nc2c1. The molecule has 2 N–H and O–H groups in total. The molecule has 0 aliphatic rings. The van der Waals surface area contributed by atoms with Gasteiger partial charge in [-0.05, 0) is 37.6 Å². The van der Waals surface area contributed by atoms with Crippen LogP contribution in [0.15, 0.2) is 36.5 Å². The van der Waals surface area contributed by atoms with Crippen LogP contribution in [0.1, 0.15) is 17.0 Å². The first kappa shape index (κ1) is 15.2. The van der Waals surface area contributed by atoms with Gasteiger partial charge in [-0.3, -0.25) is 14.9 Å². The van der Waals surface area contributed by atoms with Crippen LogP contribution in [0, 0.1) is 13.8 Å². The van der Waals surface area contributed by atoms with E-state index in [1.54, 1.807) is 18.3 Å². The monoisotopic (exact) mass is 326 g/mol. The topological polar surface area (TPSA) is 70.7 Å². The Balaban J connectivity index is 1.75. The van der Waals surface area contributed by atoms with Crippen molar-refractivity contribution >= 4 is 40.2 Å². The van der Waals surface area contributed by atoms with Gasteiger partial charge in [0.05, 0.1) is 21.9 Å². The molecule has 3 aromatic rings. The maximum atomic E-state index is 12.0. The lowest BCUT2D eigenvalue weighted by molar-refractivity contribution is -0.111. The molecule has 0 unspecified atom stereocenters. The van der Waals surface area contributed by atoms with Gasteiger partial charge in [0, 0.05) is 23.4 Å². The number of rotatable bonds is 3. The number of aryl methyl sites for hydroxylation is 2. The average molecular weight is 327 g/mol. The standard InChI is InChI=1S/C17H15ClN4O/c1-10-14-5-3-12(7-16(14)22-21-10)4-6-17(23)20-15-8-13(18)9-19-11(15)2/h3-9H,1-2H3,(H,20,23)(H,21,22)/b6-4+. The highest BCUT2D eigenvalue weighted by molar-refractivity contribution is 6.30. The Morgan fingerprint density at radius 2 is 2.13 bits per heavy atom. The van der Waals surface area contributed by atoms with E-state index >= 15 is 0 Å². The second-order valence-electron chi connectivity index (χ2n) is 5.23. The number of pyridine rings is 1. The highest BCUT2D eigenvalue weighted by atomic mass is 35.5. The molecule has 0 saturated carbocycles. The molecule has 0 fully saturated rings. The van der Waals surface area contributed by atoms with Crippen molar-refractivity contribution in [1.82, 2.24) is 15.2 Å². The molecular weight excluding hydrogens is 312 g/mol. The highest BCUT2D eigenvalue weighted by Crippen LogP contribution is 2.19. The molecule has 0 atom stereocenters. The summed E-state index contributed by atoms with van der Waals surface area (Å²) in [6.45, 7) is 3.78. The molecule has 0 aliphatic carbocycles. The van der Waals surface area contributed by atoms with E-state index in [0.717, 1.165) is 22.2 Å². The third-order valence-corrected chi connectivity index (χ3v) is 3.72. The molecule has 6 heteroatoms. The number of nitrogens with one attached hydrogen (secondary N) is 2. The minimum absolute atomic E-state index is 0.240. The maximum Gasteiger partial charge on any atom is 0.248 e. The summed E-state index contributed by atoms with van der Waals surface area (Å²) in [7, 11) is 0. The van der Waals surface area contributed by atoms with Crippen LogP contribution in [0.25, 0.3) is 17.0 Å². The van der Waals surface area contributed by atoms with Gasteiger partial charge in [0.15, 0.2) is 0 Å². The van der Waals surface area contributed by atoms with Crippen LogP contribution >= 0.6 is 11.6 Å². The summed E-state index contributed by atoms with van der Waals surface area (Å²) in [5.74, 6) is -0.240. The molecule has 2 aromatic heterocycles. The van der Waals surface area contributed by atoms with Crippen molar-refractivity contribution in [1.29, 1.82) is 0 Å². The Hall–Kier alpha value is -2.66. The number of anilines is 1. The second-order valence-corrected chi connectivity index (χ2v) is 5.67. The first-order valence-electron chi connectivity index (χ1n) is 7.09. The Bertz CT molecular complexity index is 914. The van der Waals surface area contributed by atoms with Crippen LogP contribution in [-0.2, 0) is 4.79 Å². The van der Waals surface area contributed by atoms with Gasteiger partial charge in [0.25, 0.3) is 0 Å². The molecule has 0 radical (unpaired) electrons. The fourth-order valence-electron chi connectivity index (χ4n) is 2.25. The summed E-state index contributed by atoms with van der Waals surface area (Å²) in [6.07, 6.45) is 4.76. The first-order valence-corrected chi connectivity index (χ1v) is 7.46. The number of benzene rings is 1. The molecule has 116 valence electrons. The molecule has 1 amide bonds. The summed E-state index contributed by atoms with van der Waals surface area (Å²) < 4.78 is 0. The van der Waals surface area contributed by atoms with E-state index in [2.05, 4.69) is 20.5 Å². The van der Waals surface area contributed by atoms with Crippen molar-refractivity contribution < 1.29 is 4.79 Å². The Morgan fingerprint density at radius 3 is 2.96 bits per heavy atom. The molecule has 0 aliphatic heterocycles. The van der Waals surface area contributed by atoms with Crippen LogP contribution < -0.4 is 5.32 Å². The number of aromatic nitrogens is 3. The Kier molecular flexibility index (Phi) is 4.12. The van der Waals surface area contributed by atoms with Gasteiger partial charge in [0.1, 0.15) is 0 Å². The van der Waals surface area contributed by atoms with Gasteiger partial charge in [0.2, 0.25) is 5.91 Å². The number of nitrogens with zero attached hydrogens (tertiary/aromatic N) is 2. The third-order valence-electron chi connectivity index (χ3n) is 3.51. The van der Waals surface area contributed by atoms with E-state index in [-0.39, 0.29) is 5.91 Å². The molecule has 0 bridgehead atoms. The first-order chi connectivity index (χ1) is 11.0. The van der Waals surface area contributed by atoms with E-state index in [4.69, 9.17) is 11.6 Å².